The van der Waals surface area contributed by atoms with E-state index in [9.17, 15) is 4.79 Å². The number of benzene rings is 1. The maximum absolute atomic E-state index is 12.2. The van der Waals surface area contributed by atoms with Crippen LogP contribution >= 0.6 is 12.2 Å². The van der Waals surface area contributed by atoms with Gasteiger partial charge in [0.1, 0.15) is 0 Å². The van der Waals surface area contributed by atoms with Crippen LogP contribution in [0.3, 0.4) is 0 Å². The number of aliphatic hydroxyl groups is 1. The molecule has 0 aliphatic rings. The summed E-state index contributed by atoms with van der Waals surface area (Å²) >= 11 is 5.25. The van der Waals surface area contributed by atoms with E-state index < -0.39 is 0 Å². The number of ether oxygens (including phenoxy) is 1. The van der Waals surface area contributed by atoms with Crippen molar-refractivity contribution in [3.63, 3.8) is 0 Å². The molecule has 2 aromatic rings. The predicted octanol–water partition coefficient (Wildman–Crippen LogP) is 0.398. The molecule has 0 unspecified atom stereocenters. The molecule has 0 amide bonds. The molecule has 0 spiro atoms. The standard InChI is InChI=1S/C16H20N2O3SSe/c1-3-13-14(20)17-16(22)18(10-21-8-7-19)15(13)23-12-6-4-5-11(2)9-12/h4-6,9,19H,3,7-8,10H2,1-2H3,(H,17,20,22). The second-order valence-electron chi connectivity index (χ2n) is 5.00. The first kappa shape index (κ1) is 18.1. The molecule has 124 valence electrons. The first-order valence-electron chi connectivity index (χ1n) is 7.36. The van der Waals surface area contributed by atoms with Crippen molar-refractivity contribution >= 4 is 36.2 Å². The zero-order valence-corrected chi connectivity index (χ0v) is 15.7. The Morgan fingerprint density at radius 1 is 1.43 bits per heavy atom. The van der Waals surface area contributed by atoms with Crippen LogP contribution in [0.4, 0.5) is 0 Å². The molecule has 0 fully saturated rings. The molecule has 1 aromatic heterocycles. The van der Waals surface area contributed by atoms with Crippen molar-refractivity contribution in [2.75, 3.05) is 13.2 Å². The molecule has 0 saturated carbocycles. The van der Waals surface area contributed by atoms with E-state index in [1.54, 1.807) is 0 Å². The van der Waals surface area contributed by atoms with Crippen LogP contribution in [0.2, 0.25) is 0 Å². The van der Waals surface area contributed by atoms with Crippen LogP contribution < -0.4 is 14.6 Å². The van der Waals surface area contributed by atoms with Crippen LogP contribution in [0.15, 0.2) is 29.1 Å². The van der Waals surface area contributed by atoms with Gasteiger partial charge >= 0.3 is 146 Å². The van der Waals surface area contributed by atoms with E-state index in [1.165, 1.54) is 10.0 Å². The number of hydrogen-bond acceptors (Lipinski definition) is 4. The molecule has 0 atom stereocenters. The number of aliphatic hydroxyl groups excluding tert-OH is 1. The molecule has 0 bridgehead atoms. The Morgan fingerprint density at radius 3 is 2.87 bits per heavy atom. The number of nitrogens with one attached hydrogen (secondary N) is 1. The van der Waals surface area contributed by atoms with Crippen molar-refractivity contribution in [2.45, 2.75) is 27.0 Å². The molecule has 5 nitrogen and oxygen atoms in total. The predicted molar refractivity (Wildman–Crippen MR) is 94.5 cm³/mol. The van der Waals surface area contributed by atoms with E-state index in [0.29, 0.717) is 11.2 Å². The fraction of sp³-hybridized carbons (Fsp3) is 0.375. The molecule has 2 N–H and O–H groups in total. The van der Waals surface area contributed by atoms with E-state index in [0.717, 1.165) is 10.2 Å². The minimum absolute atomic E-state index is 0.0460. The molecule has 7 heteroatoms. The Morgan fingerprint density at radius 2 is 2.22 bits per heavy atom. The number of hydrogen-bond donors (Lipinski definition) is 2. The van der Waals surface area contributed by atoms with Gasteiger partial charge in [-0.05, 0) is 0 Å². The molecule has 0 aliphatic heterocycles. The zero-order valence-electron chi connectivity index (χ0n) is 13.2. The van der Waals surface area contributed by atoms with Crippen molar-refractivity contribution < 1.29 is 9.84 Å². The summed E-state index contributed by atoms with van der Waals surface area (Å²) in [7, 11) is 0. The van der Waals surface area contributed by atoms with Crippen LogP contribution in [-0.4, -0.2) is 42.8 Å². The van der Waals surface area contributed by atoms with Gasteiger partial charge in [0, 0.05) is 0 Å². The molecule has 0 aliphatic carbocycles. The number of nitrogens with zero attached hydrogens (tertiary/aromatic N) is 1. The van der Waals surface area contributed by atoms with Crippen molar-refractivity contribution in [1.29, 1.82) is 0 Å². The normalized spacial score (nSPS) is 10.9. The van der Waals surface area contributed by atoms with Gasteiger partial charge in [0.2, 0.25) is 0 Å². The zero-order chi connectivity index (χ0) is 16.8. The maximum atomic E-state index is 12.2. The van der Waals surface area contributed by atoms with E-state index in [2.05, 4.69) is 30.1 Å². The van der Waals surface area contributed by atoms with Crippen molar-refractivity contribution in [2.24, 2.45) is 0 Å². The van der Waals surface area contributed by atoms with Gasteiger partial charge < -0.3 is 0 Å². The summed E-state index contributed by atoms with van der Waals surface area (Å²) in [6.07, 6.45) is 0.633. The summed E-state index contributed by atoms with van der Waals surface area (Å²) in [5, 5.41) is 8.88. The summed E-state index contributed by atoms with van der Waals surface area (Å²) in [5.74, 6) is 0. The SMILES string of the molecule is CCc1c([Se]c2cccc(C)c2)n(COCCO)c(=S)[nH]c1=O. The Hall–Kier alpha value is -1.24. The third kappa shape index (κ3) is 4.62. The first-order chi connectivity index (χ1) is 11.1. The Kier molecular flexibility index (Phi) is 6.74. The fourth-order valence-electron chi connectivity index (χ4n) is 2.15. The van der Waals surface area contributed by atoms with Crippen LogP contribution in [0, 0.1) is 11.7 Å². The summed E-state index contributed by atoms with van der Waals surface area (Å²) in [6, 6.07) is 8.26. The second-order valence-corrected chi connectivity index (χ2v) is 7.62. The van der Waals surface area contributed by atoms with Gasteiger partial charge in [-0.2, -0.15) is 0 Å². The third-order valence-corrected chi connectivity index (χ3v) is 5.99. The Balaban J connectivity index is 2.48. The first-order valence-corrected chi connectivity index (χ1v) is 9.48. The number of H-pyrrole nitrogens is 1. The third-order valence-electron chi connectivity index (χ3n) is 3.26. The molecular formula is C16H20N2O3SSe. The van der Waals surface area contributed by atoms with E-state index in [1.807, 2.05) is 17.6 Å². The average Bonchev–Trinajstić information content (AvgIpc) is 2.50. The van der Waals surface area contributed by atoms with Crippen molar-refractivity contribution in [3.8, 4) is 0 Å². The summed E-state index contributed by atoms with van der Waals surface area (Å²) < 4.78 is 9.72. The monoisotopic (exact) mass is 400 g/mol. The summed E-state index contributed by atoms with van der Waals surface area (Å²) in [4.78, 5) is 14.9. The van der Waals surface area contributed by atoms with Gasteiger partial charge in [-0.15, -0.1) is 0 Å². The molecular weight excluding hydrogens is 379 g/mol. The second kappa shape index (κ2) is 8.57. The van der Waals surface area contributed by atoms with E-state index >= 15 is 0 Å². The van der Waals surface area contributed by atoms with Gasteiger partial charge in [-0.3, -0.25) is 0 Å². The van der Waals surface area contributed by atoms with Gasteiger partial charge in [-0.1, -0.05) is 0 Å². The van der Waals surface area contributed by atoms with Crippen molar-refractivity contribution in [3.05, 3.63) is 50.5 Å². The van der Waals surface area contributed by atoms with E-state index in [4.69, 9.17) is 22.1 Å². The quantitative estimate of drug-likeness (QED) is 0.402. The topological polar surface area (TPSA) is 67.2 Å². The molecule has 0 radical (unpaired) electrons. The number of aromatic amines is 1. The molecule has 1 aromatic carbocycles. The van der Waals surface area contributed by atoms with Gasteiger partial charge in [-0.25, -0.2) is 0 Å². The Labute approximate surface area is 146 Å². The van der Waals surface area contributed by atoms with Crippen LogP contribution in [-0.2, 0) is 17.9 Å². The average molecular weight is 399 g/mol. The molecule has 2 rings (SSSR count). The Bertz CT molecular complexity index is 786. The number of rotatable bonds is 7. The molecule has 23 heavy (non-hydrogen) atoms. The van der Waals surface area contributed by atoms with Gasteiger partial charge in [0.15, 0.2) is 0 Å². The molecule has 0 saturated heterocycles. The summed E-state index contributed by atoms with van der Waals surface area (Å²) in [6.45, 7) is 4.43. The number of aryl methyl sites for hydroxylation is 1. The van der Waals surface area contributed by atoms with Gasteiger partial charge in [0.05, 0.1) is 0 Å². The number of aromatic nitrogens is 2. The van der Waals surface area contributed by atoms with Crippen LogP contribution in [0.25, 0.3) is 0 Å². The van der Waals surface area contributed by atoms with Crippen LogP contribution in [0.1, 0.15) is 18.1 Å². The fourth-order valence-corrected chi connectivity index (χ4v) is 5.09. The van der Waals surface area contributed by atoms with Gasteiger partial charge in [0.25, 0.3) is 0 Å². The van der Waals surface area contributed by atoms with E-state index in [-0.39, 0.29) is 40.5 Å². The van der Waals surface area contributed by atoms with Crippen molar-refractivity contribution in [1.82, 2.24) is 9.55 Å². The molecule has 1 heterocycles. The minimum atomic E-state index is -0.125. The summed E-state index contributed by atoms with van der Waals surface area (Å²) in [5.41, 5.74) is 1.81. The van der Waals surface area contributed by atoms with Crippen LogP contribution in [0.5, 0.6) is 0 Å².